The Kier molecular flexibility index (Phi) is 5.85. The molecule has 144 valence electrons. The number of rotatable bonds is 7. The second kappa shape index (κ2) is 8.13. The van der Waals surface area contributed by atoms with Gasteiger partial charge in [-0.2, -0.15) is 0 Å². The van der Waals surface area contributed by atoms with Gasteiger partial charge in [-0.1, -0.05) is 44.2 Å². The van der Waals surface area contributed by atoms with Gasteiger partial charge in [-0.15, -0.1) is 0 Å². The van der Waals surface area contributed by atoms with Gasteiger partial charge in [0.15, 0.2) is 0 Å². The van der Waals surface area contributed by atoms with Crippen LogP contribution in [0.1, 0.15) is 37.8 Å². The van der Waals surface area contributed by atoms with E-state index in [1.54, 1.807) is 18.2 Å². The molecular formula is C21H26N2O3S. The number of nitrogens with one attached hydrogen (secondary N) is 1. The predicted molar refractivity (Wildman–Crippen MR) is 109 cm³/mol. The molecule has 5 nitrogen and oxygen atoms in total. The number of benzene rings is 2. The van der Waals surface area contributed by atoms with Gasteiger partial charge >= 0.3 is 0 Å². The van der Waals surface area contributed by atoms with Crippen LogP contribution in [0.2, 0.25) is 0 Å². The highest BCUT2D eigenvalue weighted by molar-refractivity contribution is 7.91. The van der Waals surface area contributed by atoms with Crippen LogP contribution in [-0.2, 0) is 27.0 Å². The van der Waals surface area contributed by atoms with Gasteiger partial charge in [-0.25, -0.2) is 8.42 Å². The Morgan fingerprint density at radius 3 is 2.52 bits per heavy atom. The number of amides is 1. The number of sulfonamides is 1. The van der Waals surface area contributed by atoms with Crippen molar-refractivity contribution in [1.29, 1.82) is 0 Å². The molecular weight excluding hydrogens is 360 g/mol. The van der Waals surface area contributed by atoms with E-state index < -0.39 is 10.0 Å². The van der Waals surface area contributed by atoms with Crippen molar-refractivity contribution in [3.05, 3.63) is 59.7 Å². The maximum Gasteiger partial charge on any atom is 0.236 e. The Hall–Kier alpha value is -2.34. The lowest BCUT2D eigenvalue weighted by Gasteiger charge is -2.30. The number of anilines is 2. The standard InChI is InChI=1S/C21H26N2O3S/c1-16(2)12-13-23-20-10-9-19(14-18(20)8-11-21(23)24)22-27(25,26)15-17-6-4-3-5-7-17/h3-7,9-10,14,16,22H,8,11-13,15H2,1-2H3. The van der Waals surface area contributed by atoms with E-state index in [9.17, 15) is 13.2 Å². The van der Waals surface area contributed by atoms with Gasteiger partial charge in [0.25, 0.3) is 0 Å². The lowest BCUT2D eigenvalue weighted by Crippen LogP contribution is -2.36. The third-order valence-electron chi connectivity index (χ3n) is 4.68. The van der Waals surface area contributed by atoms with Crippen LogP contribution in [0.5, 0.6) is 0 Å². The molecule has 3 rings (SSSR count). The summed E-state index contributed by atoms with van der Waals surface area (Å²) in [6.07, 6.45) is 2.04. The Balaban J connectivity index is 1.76. The van der Waals surface area contributed by atoms with E-state index in [-0.39, 0.29) is 11.7 Å². The Morgan fingerprint density at radius 2 is 1.81 bits per heavy atom. The van der Waals surface area contributed by atoms with Crippen LogP contribution in [-0.4, -0.2) is 20.9 Å². The first-order valence-electron chi connectivity index (χ1n) is 9.32. The number of fused-ring (bicyclic) bond motifs is 1. The molecule has 0 atom stereocenters. The summed E-state index contributed by atoms with van der Waals surface area (Å²) in [5.41, 5.74) is 3.20. The van der Waals surface area contributed by atoms with Gasteiger partial charge in [0.1, 0.15) is 0 Å². The number of aryl methyl sites for hydroxylation is 1. The van der Waals surface area contributed by atoms with Crippen LogP contribution >= 0.6 is 0 Å². The zero-order valence-corrected chi connectivity index (χ0v) is 16.6. The van der Waals surface area contributed by atoms with E-state index in [1.807, 2.05) is 35.2 Å². The molecule has 0 saturated heterocycles. The lowest BCUT2D eigenvalue weighted by atomic mass is 9.99. The molecule has 0 saturated carbocycles. The van der Waals surface area contributed by atoms with Crippen LogP contribution in [0, 0.1) is 5.92 Å². The van der Waals surface area contributed by atoms with E-state index >= 15 is 0 Å². The highest BCUT2D eigenvalue weighted by Crippen LogP contribution is 2.31. The first-order valence-corrected chi connectivity index (χ1v) is 11.0. The molecule has 0 fully saturated rings. The van der Waals surface area contributed by atoms with Gasteiger partial charge in [0, 0.05) is 24.3 Å². The third kappa shape index (κ3) is 5.10. The predicted octanol–water partition coefficient (Wildman–Crippen LogP) is 3.95. The van der Waals surface area contributed by atoms with Crippen molar-refractivity contribution in [3.8, 4) is 0 Å². The molecule has 0 aliphatic carbocycles. The monoisotopic (exact) mass is 386 g/mol. The van der Waals surface area contributed by atoms with Crippen LogP contribution in [0.15, 0.2) is 48.5 Å². The van der Waals surface area contributed by atoms with Gasteiger partial charge in [-0.3, -0.25) is 9.52 Å². The van der Waals surface area contributed by atoms with E-state index in [2.05, 4.69) is 18.6 Å². The Labute approximate surface area is 161 Å². The maximum atomic E-state index is 12.5. The summed E-state index contributed by atoms with van der Waals surface area (Å²) in [5, 5.41) is 0. The van der Waals surface area contributed by atoms with Crippen LogP contribution in [0.3, 0.4) is 0 Å². The molecule has 1 N–H and O–H groups in total. The highest BCUT2D eigenvalue weighted by atomic mass is 32.2. The molecule has 1 heterocycles. The largest absolute Gasteiger partial charge is 0.312 e. The number of carbonyl (C=O) groups is 1. The summed E-state index contributed by atoms with van der Waals surface area (Å²) in [4.78, 5) is 14.1. The Bertz CT molecular complexity index is 908. The molecule has 27 heavy (non-hydrogen) atoms. The fourth-order valence-electron chi connectivity index (χ4n) is 3.27. The zero-order valence-electron chi connectivity index (χ0n) is 15.8. The van der Waals surface area contributed by atoms with E-state index in [1.165, 1.54) is 0 Å². The molecule has 0 spiro atoms. The molecule has 0 aromatic heterocycles. The average Bonchev–Trinajstić information content (AvgIpc) is 2.61. The van der Waals surface area contributed by atoms with Gasteiger partial charge in [0.05, 0.1) is 5.75 Å². The smallest absolute Gasteiger partial charge is 0.236 e. The van der Waals surface area contributed by atoms with Crippen molar-refractivity contribution in [2.75, 3.05) is 16.2 Å². The third-order valence-corrected chi connectivity index (χ3v) is 5.94. The molecule has 2 aromatic carbocycles. The summed E-state index contributed by atoms with van der Waals surface area (Å²) in [6.45, 7) is 4.97. The minimum atomic E-state index is -3.49. The first-order chi connectivity index (χ1) is 12.8. The fraction of sp³-hybridized carbons (Fsp3) is 0.381. The van der Waals surface area contributed by atoms with Crippen LogP contribution < -0.4 is 9.62 Å². The summed E-state index contributed by atoms with van der Waals surface area (Å²) < 4.78 is 27.6. The normalized spacial score (nSPS) is 14.3. The van der Waals surface area contributed by atoms with Crippen molar-refractivity contribution in [1.82, 2.24) is 0 Å². The molecule has 0 bridgehead atoms. The zero-order chi connectivity index (χ0) is 19.4. The van der Waals surface area contributed by atoms with Gasteiger partial charge < -0.3 is 4.90 Å². The van der Waals surface area contributed by atoms with Gasteiger partial charge in [-0.05, 0) is 48.1 Å². The summed E-state index contributed by atoms with van der Waals surface area (Å²) in [7, 11) is -3.49. The molecule has 1 aliphatic heterocycles. The summed E-state index contributed by atoms with van der Waals surface area (Å²) >= 11 is 0. The molecule has 0 unspecified atom stereocenters. The highest BCUT2D eigenvalue weighted by Gasteiger charge is 2.24. The number of nitrogens with zero attached hydrogens (tertiary/aromatic N) is 1. The van der Waals surface area contributed by atoms with Crippen molar-refractivity contribution >= 4 is 27.3 Å². The maximum absolute atomic E-state index is 12.5. The molecule has 6 heteroatoms. The second-order valence-corrected chi connectivity index (χ2v) is 9.14. The Morgan fingerprint density at radius 1 is 1.07 bits per heavy atom. The molecule has 1 aliphatic rings. The number of carbonyl (C=O) groups excluding carboxylic acids is 1. The minimum absolute atomic E-state index is 0.0656. The van der Waals surface area contributed by atoms with Crippen LogP contribution in [0.4, 0.5) is 11.4 Å². The van der Waals surface area contributed by atoms with Crippen molar-refractivity contribution < 1.29 is 13.2 Å². The molecule has 1 amide bonds. The first kappa shape index (κ1) is 19.4. The van der Waals surface area contributed by atoms with E-state index in [0.717, 1.165) is 23.2 Å². The minimum Gasteiger partial charge on any atom is -0.312 e. The molecule has 2 aromatic rings. The van der Waals surface area contributed by atoms with Crippen LogP contribution in [0.25, 0.3) is 0 Å². The topological polar surface area (TPSA) is 66.5 Å². The fourth-order valence-corrected chi connectivity index (χ4v) is 4.45. The second-order valence-electron chi connectivity index (χ2n) is 7.42. The van der Waals surface area contributed by atoms with Crippen molar-refractivity contribution in [3.63, 3.8) is 0 Å². The molecule has 0 radical (unpaired) electrons. The number of hydrogen-bond acceptors (Lipinski definition) is 3. The summed E-state index contributed by atoms with van der Waals surface area (Å²) in [6, 6.07) is 14.6. The van der Waals surface area contributed by atoms with E-state index in [0.29, 0.717) is 31.0 Å². The quantitative estimate of drug-likeness (QED) is 0.783. The SMILES string of the molecule is CC(C)CCN1C(=O)CCc2cc(NS(=O)(=O)Cc3ccccc3)ccc21. The van der Waals surface area contributed by atoms with Crippen molar-refractivity contribution in [2.45, 2.75) is 38.9 Å². The van der Waals surface area contributed by atoms with E-state index in [4.69, 9.17) is 0 Å². The lowest BCUT2D eigenvalue weighted by molar-refractivity contribution is -0.118. The number of hydrogen-bond donors (Lipinski definition) is 1. The van der Waals surface area contributed by atoms with Gasteiger partial charge in [0.2, 0.25) is 15.9 Å². The summed E-state index contributed by atoms with van der Waals surface area (Å²) in [5.74, 6) is 0.594. The average molecular weight is 387 g/mol. The van der Waals surface area contributed by atoms with Crippen molar-refractivity contribution in [2.24, 2.45) is 5.92 Å².